The zero-order valence-corrected chi connectivity index (χ0v) is 10.8. The van der Waals surface area contributed by atoms with Gasteiger partial charge in [0.15, 0.2) is 0 Å². The number of nitrogens with two attached hydrogens (primary N) is 1. The van der Waals surface area contributed by atoms with Crippen LogP contribution in [0.3, 0.4) is 0 Å². The van der Waals surface area contributed by atoms with Crippen LogP contribution in [-0.2, 0) is 0 Å². The van der Waals surface area contributed by atoms with E-state index in [0.29, 0.717) is 11.5 Å². The van der Waals surface area contributed by atoms with Crippen molar-refractivity contribution in [2.45, 2.75) is 26.7 Å². The van der Waals surface area contributed by atoms with Crippen LogP contribution in [0.5, 0.6) is 0 Å². The minimum absolute atomic E-state index is 0.0741. The highest BCUT2D eigenvalue weighted by atomic mass is 16.1. The first-order chi connectivity index (χ1) is 8.49. The number of nitrogens with zero attached hydrogens (tertiary/aromatic N) is 1. The monoisotopic (exact) mass is 243 g/mol. The van der Waals surface area contributed by atoms with Gasteiger partial charge >= 0.3 is 0 Å². The molecule has 4 nitrogen and oxygen atoms in total. The lowest BCUT2D eigenvalue weighted by Gasteiger charge is -2.10. The number of aromatic amines is 1. The van der Waals surface area contributed by atoms with Crippen LogP contribution in [-0.4, -0.2) is 9.97 Å². The van der Waals surface area contributed by atoms with Gasteiger partial charge in [-0.1, -0.05) is 26.0 Å². The maximum atomic E-state index is 12.0. The standard InChI is InChI=1S/C14H17N3O/c1-8(2)12-9(3)16-13(17-14(12)18)10-5-4-6-11(15)7-10/h4-8H,15H2,1-3H3,(H,16,17,18). The van der Waals surface area contributed by atoms with Crippen LogP contribution in [0.2, 0.25) is 0 Å². The van der Waals surface area contributed by atoms with Gasteiger partial charge in [-0.2, -0.15) is 0 Å². The van der Waals surface area contributed by atoms with Crippen molar-refractivity contribution in [3.63, 3.8) is 0 Å². The third-order valence-corrected chi connectivity index (χ3v) is 2.88. The Morgan fingerprint density at radius 1 is 1.33 bits per heavy atom. The smallest absolute Gasteiger partial charge is 0.254 e. The first kappa shape index (κ1) is 12.4. The van der Waals surface area contributed by atoms with Crippen molar-refractivity contribution in [2.75, 3.05) is 5.73 Å². The molecule has 18 heavy (non-hydrogen) atoms. The van der Waals surface area contributed by atoms with Crippen LogP contribution in [0.1, 0.15) is 31.0 Å². The summed E-state index contributed by atoms with van der Waals surface area (Å²) in [5, 5.41) is 0. The minimum Gasteiger partial charge on any atom is -0.399 e. The molecule has 1 heterocycles. The topological polar surface area (TPSA) is 71.8 Å². The van der Waals surface area contributed by atoms with Gasteiger partial charge in [0.2, 0.25) is 0 Å². The molecule has 0 aliphatic heterocycles. The normalized spacial score (nSPS) is 10.9. The van der Waals surface area contributed by atoms with E-state index in [1.165, 1.54) is 0 Å². The summed E-state index contributed by atoms with van der Waals surface area (Å²) in [6, 6.07) is 7.32. The molecule has 0 bridgehead atoms. The molecule has 0 amide bonds. The SMILES string of the molecule is Cc1nc(-c2cccc(N)c2)[nH]c(=O)c1C(C)C. The Morgan fingerprint density at radius 3 is 2.61 bits per heavy atom. The molecule has 0 saturated heterocycles. The average molecular weight is 243 g/mol. The molecular weight excluding hydrogens is 226 g/mol. The van der Waals surface area contributed by atoms with Crippen LogP contribution < -0.4 is 11.3 Å². The Labute approximate surface area is 106 Å². The van der Waals surface area contributed by atoms with E-state index in [0.717, 1.165) is 16.8 Å². The second-order valence-corrected chi connectivity index (χ2v) is 4.69. The highest BCUT2D eigenvalue weighted by Gasteiger charge is 2.12. The maximum absolute atomic E-state index is 12.0. The Kier molecular flexibility index (Phi) is 3.19. The summed E-state index contributed by atoms with van der Waals surface area (Å²) >= 11 is 0. The van der Waals surface area contributed by atoms with Crippen molar-refractivity contribution in [3.05, 3.63) is 45.9 Å². The number of aromatic nitrogens is 2. The average Bonchev–Trinajstić information content (AvgIpc) is 2.27. The summed E-state index contributed by atoms with van der Waals surface area (Å²) in [4.78, 5) is 19.3. The van der Waals surface area contributed by atoms with Crippen LogP contribution in [0, 0.1) is 6.92 Å². The van der Waals surface area contributed by atoms with Gasteiger partial charge in [0.05, 0.1) is 0 Å². The van der Waals surface area contributed by atoms with Crippen molar-refractivity contribution in [1.82, 2.24) is 9.97 Å². The first-order valence-electron chi connectivity index (χ1n) is 5.95. The summed E-state index contributed by atoms with van der Waals surface area (Å²) in [5.74, 6) is 0.727. The van der Waals surface area contributed by atoms with E-state index in [4.69, 9.17) is 5.73 Å². The van der Waals surface area contributed by atoms with Crippen LogP contribution in [0.4, 0.5) is 5.69 Å². The molecule has 2 aromatic rings. The van der Waals surface area contributed by atoms with Gasteiger partial charge in [-0.25, -0.2) is 4.98 Å². The third kappa shape index (κ3) is 2.27. The fourth-order valence-electron chi connectivity index (χ4n) is 2.10. The predicted molar refractivity (Wildman–Crippen MR) is 73.5 cm³/mol. The number of aryl methyl sites for hydroxylation is 1. The van der Waals surface area contributed by atoms with Crippen molar-refractivity contribution >= 4 is 5.69 Å². The van der Waals surface area contributed by atoms with Crippen LogP contribution >= 0.6 is 0 Å². The number of nitrogens with one attached hydrogen (secondary N) is 1. The molecule has 0 radical (unpaired) electrons. The number of benzene rings is 1. The van der Waals surface area contributed by atoms with Crippen molar-refractivity contribution < 1.29 is 0 Å². The number of anilines is 1. The van der Waals surface area contributed by atoms with Crippen molar-refractivity contribution in [3.8, 4) is 11.4 Å². The third-order valence-electron chi connectivity index (χ3n) is 2.88. The first-order valence-corrected chi connectivity index (χ1v) is 5.95. The summed E-state index contributed by atoms with van der Waals surface area (Å²) < 4.78 is 0. The summed E-state index contributed by atoms with van der Waals surface area (Å²) in [5.41, 5.74) is 8.64. The van der Waals surface area contributed by atoms with E-state index in [1.54, 1.807) is 12.1 Å². The van der Waals surface area contributed by atoms with E-state index < -0.39 is 0 Å². The van der Waals surface area contributed by atoms with Gasteiger partial charge < -0.3 is 10.7 Å². The van der Waals surface area contributed by atoms with Gasteiger partial charge in [-0.3, -0.25) is 4.79 Å². The zero-order valence-electron chi connectivity index (χ0n) is 10.8. The highest BCUT2D eigenvalue weighted by molar-refractivity contribution is 5.61. The minimum atomic E-state index is -0.0741. The van der Waals surface area contributed by atoms with Gasteiger partial charge in [0, 0.05) is 22.5 Å². The Bertz CT molecular complexity index is 629. The molecule has 3 N–H and O–H groups in total. The fourth-order valence-corrected chi connectivity index (χ4v) is 2.10. The summed E-state index contributed by atoms with van der Waals surface area (Å²) in [6.07, 6.45) is 0. The molecule has 0 atom stereocenters. The van der Waals surface area contributed by atoms with E-state index in [-0.39, 0.29) is 11.5 Å². The quantitative estimate of drug-likeness (QED) is 0.796. The summed E-state index contributed by atoms with van der Waals surface area (Å²) in [7, 11) is 0. The van der Waals surface area contributed by atoms with Crippen molar-refractivity contribution in [1.29, 1.82) is 0 Å². The number of rotatable bonds is 2. The number of hydrogen-bond donors (Lipinski definition) is 2. The molecule has 4 heteroatoms. The number of H-pyrrole nitrogens is 1. The van der Waals surface area contributed by atoms with E-state index in [2.05, 4.69) is 9.97 Å². The van der Waals surface area contributed by atoms with Gasteiger partial charge in [0.1, 0.15) is 5.82 Å². The Hall–Kier alpha value is -2.10. The van der Waals surface area contributed by atoms with E-state index >= 15 is 0 Å². The van der Waals surface area contributed by atoms with E-state index in [9.17, 15) is 4.79 Å². The van der Waals surface area contributed by atoms with Gasteiger partial charge in [-0.05, 0) is 25.0 Å². The zero-order chi connectivity index (χ0) is 13.3. The Morgan fingerprint density at radius 2 is 2.06 bits per heavy atom. The molecule has 2 rings (SSSR count). The molecule has 1 aromatic carbocycles. The molecule has 0 fully saturated rings. The molecule has 0 unspecified atom stereocenters. The van der Waals surface area contributed by atoms with E-state index in [1.807, 2.05) is 32.9 Å². The molecule has 0 saturated carbocycles. The highest BCUT2D eigenvalue weighted by Crippen LogP contribution is 2.19. The Balaban J connectivity index is 2.59. The lowest BCUT2D eigenvalue weighted by Crippen LogP contribution is -2.18. The maximum Gasteiger partial charge on any atom is 0.254 e. The molecule has 0 spiro atoms. The molecule has 0 aliphatic rings. The molecule has 94 valence electrons. The number of nitrogen functional groups attached to an aromatic ring is 1. The van der Waals surface area contributed by atoms with Crippen LogP contribution in [0.25, 0.3) is 11.4 Å². The second-order valence-electron chi connectivity index (χ2n) is 4.69. The van der Waals surface area contributed by atoms with Crippen molar-refractivity contribution in [2.24, 2.45) is 0 Å². The fraction of sp³-hybridized carbons (Fsp3) is 0.286. The largest absolute Gasteiger partial charge is 0.399 e. The second kappa shape index (κ2) is 4.64. The van der Waals surface area contributed by atoms with Crippen LogP contribution in [0.15, 0.2) is 29.1 Å². The number of hydrogen-bond acceptors (Lipinski definition) is 3. The van der Waals surface area contributed by atoms with Gasteiger partial charge in [-0.15, -0.1) is 0 Å². The van der Waals surface area contributed by atoms with Gasteiger partial charge in [0.25, 0.3) is 5.56 Å². The molecular formula is C14H17N3O. The molecule has 1 aromatic heterocycles. The lowest BCUT2D eigenvalue weighted by molar-refractivity contribution is 0.815. The summed E-state index contributed by atoms with van der Waals surface area (Å²) in [6.45, 7) is 5.83. The lowest BCUT2D eigenvalue weighted by atomic mass is 10.0. The molecule has 0 aliphatic carbocycles. The predicted octanol–water partition coefficient (Wildman–Crippen LogP) is 2.45.